The molecule has 0 aliphatic carbocycles. The van der Waals surface area contributed by atoms with E-state index in [-0.39, 0.29) is 0 Å². The largest absolute Gasteiger partial charge is 0.461 e. The van der Waals surface area contributed by atoms with E-state index in [1.807, 2.05) is 26.0 Å². The first-order chi connectivity index (χ1) is 7.72. The number of nitrogens with one attached hydrogen (secondary N) is 1. The van der Waals surface area contributed by atoms with Crippen molar-refractivity contribution in [3.8, 4) is 11.6 Å². The van der Waals surface area contributed by atoms with E-state index >= 15 is 0 Å². The van der Waals surface area contributed by atoms with Gasteiger partial charge in [-0.2, -0.15) is 0 Å². The van der Waals surface area contributed by atoms with E-state index in [4.69, 9.17) is 4.42 Å². The molecule has 0 saturated heterocycles. The van der Waals surface area contributed by atoms with Crippen LogP contribution in [0.4, 0.5) is 5.82 Å². The van der Waals surface area contributed by atoms with E-state index in [0.29, 0.717) is 11.6 Å². The van der Waals surface area contributed by atoms with Gasteiger partial charge in [-0.1, -0.05) is 0 Å². The van der Waals surface area contributed by atoms with Gasteiger partial charge in [0.2, 0.25) is 0 Å². The summed E-state index contributed by atoms with van der Waals surface area (Å²) in [6.07, 6.45) is 1.61. The third-order valence-electron chi connectivity index (χ3n) is 2.10. The first-order valence-electron chi connectivity index (χ1n) is 5.04. The van der Waals surface area contributed by atoms with Crippen LogP contribution in [0, 0.1) is 6.92 Å². The molecule has 2 rings (SSSR count). The van der Waals surface area contributed by atoms with Crippen LogP contribution in [0.5, 0.6) is 0 Å². The number of aryl methyl sites for hydroxylation is 1. The number of hydrogen-bond acceptors (Lipinski definition) is 4. The van der Waals surface area contributed by atoms with Crippen LogP contribution in [0.15, 0.2) is 27.3 Å². The molecule has 0 aromatic carbocycles. The number of nitrogens with zero attached hydrogens (tertiary/aromatic N) is 2. The Labute approximate surface area is 102 Å². The van der Waals surface area contributed by atoms with E-state index in [1.165, 1.54) is 0 Å². The molecule has 0 bridgehead atoms. The average Bonchev–Trinajstić information content (AvgIpc) is 2.78. The molecule has 1 N–H and O–H groups in total. The smallest absolute Gasteiger partial charge is 0.197 e. The molecular weight excluding hydrogens is 270 g/mol. The molecule has 2 aromatic heterocycles. The van der Waals surface area contributed by atoms with Gasteiger partial charge < -0.3 is 9.73 Å². The van der Waals surface area contributed by atoms with Crippen LogP contribution in [0.3, 0.4) is 0 Å². The summed E-state index contributed by atoms with van der Waals surface area (Å²) in [4.78, 5) is 8.77. The fraction of sp³-hybridized carbons (Fsp3) is 0.273. The van der Waals surface area contributed by atoms with Crippen molar-refractivity contribution in [1.82, 2.24) is 9.97 Å². The predicted molar refractivity (Wildman–Crippen MR) is 66.3 cm³/mol. The molecule has 0 fully saturated rings. The van der Waals surface area contributed by atoms with Gasteiger partial charge in [0.05, 0.1) is 16.4 Å². The molecule has 2 heterocycles. The maximum absolute atomic E-state index is 5.28. The Morgan fingerprint density at radius 3 is 2.88 bits per heavy atom. The van der Waals surface area contributed by atoms with Gasteiger partial charge >= 0.3 is 0 Å². The first kappa shape index (κ1) is 11.1. The molecule has 0 aliphatic rings. The van der Waals surface area contributed by atoms with Crippen molar-refractivity contribution in [2.45, 2.75) is 13.8 Å². The Morgan fingerprint density at radius 2 is 2.25 bits per heavy atom. The first-order valence-corrected chi connectivity index (χ1v) is 5.83. The van der Waals surface area contributed by atoms with Gasteiger partial charge in [-0.05, 0) is 41.9 Å². The van der Waals surface area contributed by atoms with Crippen LogP contribution in [0.25, 0.3) is 11.6 Å². The predicted octanol–water partition coefficient (Wildman–Crippen LogP) is 3.24. The topological polar surface area (TPSA) is 51.0 Å². The van der Waals surface area contributed by atoms with Gasteiger partial charge in [0.1, 0.15) is 5.82 Å². The highest BCUT2D eigenvalue weighted by atomic mass is 79.9. The molecule has 0 aliphatic heterocycles. The van der Waals surface area contributed by atoms with Gasteiger partial charge in [-0.25, -0.2) is 9.97 Å². The summed E-state index contributed by atoms with van der Waals surface area (Å²) < 4.78 is 6.17. The fourth-order valence-electron chi connectivity index (χ4n) is 1.36. The van der Waals surface area contributed by atoms with E-state index < -0.39 is 0 Å². The van der Waals surface area contributed by atoms with Crippen molar-refractivity contribution in [3.63, 3.8) is 0 Å². The fourth-order valence-corrected chi connectivity index (χ4v) is 1.68. The molecular formula is C11H12BrN3O. The normalized spacial score (nSPS) is 10.4. The summed E-state index contributed by atoms with van der Waals surface area (Å²) in [6, 6.07) is 3.67. The molecule has 16 heavy (non-hydrogen) atoms. The molecule has 0 unspecified atom stereocenters. The van der Waals surface area contributed by atoms with Crippen molar-refractivity contribution < 1.29 is 4.42 Å². The Balaban J connectivity index is 2.48. The third-order valence-corrected chi connectivity index (χ3v) is 3.05. The zero-order valence-electron chi connectivity index (χ0n) is 9.12. The minimum absolute atomic E-state index is 0.599. The summed E-state index contributed by atoms with van der Waals surface area (Å²) in [7, 11) is 0. The second-order valence-electron chi connectivity index (χ2n) is 3.30. The van der Waals surface area contributed by atoms with Crippen molar-refractivity contribution in [2.24, 2.45) is 0 Å². The van der Waals surface area contributed by atoms with Crippen LogP contribution in [-0.2, 0) is 0 Å². The highest BCUT2D eigenvalue weighted by Crippen LogP contribution is 2.26. The summed E-state index contributed by atoms with van der Waals surface area (Å²) in [5.41, 5.74) is 0.886. The van der Waals surface area contributed by atoms with Crippen molar-refractivity contribution in [3.05, 3.63) is 28.6 Å². The summed E-state index contributed by atoms with van der Waals surface area (Å²) in [5, 5.41) is 3.18. The van der Waals surface area contributed by atoms with E-state index in [0.717, 1.165) is 22.5 Å². The highest BCUT2D eigenvalue weighted by molar-refractivity contribution is 9.10. The summed E-state index contributed by atoms with van der Waals surface area (Å²) >= 11 is 3.46. The van der Waals surface area contributed by atoms with Crippen molar-refractivity contribution in [2.75, 3.05) is 11.9 Å². The quantitative estimate of drug-likeness (QED) is 0.939. The Morgan fingerprint density at radius 1 is 1.44 bits per heavy atom. The van der Waals surface area contributed by atoms with Gasteiger partial charge in [0.25, 0.3) is 0 Å². The highest BCUT2D eigenvalue weighted by Gasteiger charge is 2.11. The number of anilines is 1. The van der Waals surface area contributed by atoms with Crippen LogP contribution in [0.2, 0.25) is 0 Å². The maximum atomic E-state index is 5.28. The zero-order chi connectivity index (χ0) is 11.5. The van der Waals surface area contributed by atoms with Crippen LogP contribution < -0.4 is 5.32 Å². The van der Waals surface area contributed by atoms with E-state index in [1.54, 1.807) is 6.26 Å². The Hall–Kier alpha value is -1.36. The van der Waals surface area contributed by atoms with Crippen LogP contribution in [0.1, 0.15) is 12.6 Å². The van der Waals surface area contributed by atoms with Crippen molar-refractivity contribution in [1.29, 1.82) is 0 Å². The standard InChI is InChI=1S/C11H12BrN3O/c1-3-13-11-9(12)7(2)14-10(15-11)8-5-4-6-16-8/h4-6H,3H2,1-2H3,(H,13,14,15). The number of hydrogen-bond donors (Lipinski definition) is 1. The summed E-state index contributed by atoms with van der Waals surface area (Å²) in [5.74, 6) is 2.07. The molecule has 0 saturated carbocycles. The van der Waals surface area contributed by atoms with Gasteiger partial charge in [-0.15, -0.1) is 0 Å². The molecule has 0 radical (unpaired) electrons. The third kappa shape index (κ3) is 2.09. The molecule has 2 aromatic rings. The van der Waals surface area contributed by atoms with Crippen LogP contribution >= 0.6 is 15.9 Å². The lowest BCUT2D eigenvalue weighted by Gasteiger charge is -2.08. The molecule has 5 heteroatoms. The number of rotatable bonds is 3. The Bertz CT molecular complexity index is 482. The minimum Gasteiger partial charge on any atom is -0.461 e. The lowest BCUT2D eigenvalue weighted by molar-refractivity contribution is 0.577. The molecule has 0 spiro atoms. The average molecular weight is 282 g/mol. The minimum atomic E-state index is 0.599. The van der Waals surface area contributed by atoms with Crippen LogP contribution in [-0.4, -0.2) is 16.5 Å². The molecule has 84 valence electrons. The Kier molecular flexibility index (Phi) is 3.24. The molecule has 0 atom stereocenters. The molecule has 4 nitrogen and oxygen atoms in total. The zero-order valence-corrected chi connectivity index (χ0v) is 10.7. The van der Waals surface area contributed by atoms with Gasteiger partial charge in [-0.3, -0.25) is 0 Å². The number of furan rings is 1. The van der Waals surface area contributed by atoms with Gasteiger partial charge in [0.15, 0.2) is 11.6 Å². The van der Waals surface area contributed by atoms with Gasteiger partial charge in [0, 0.05) is 6.54 Å². The SMILES string of the molecule is CCNc1nc(-c2ccco2)nc(C)c1Br. The number of aromatic nitrogens is 2. The molecule has 0 amide bonds. The maximum Gasteiger partial charge on any atom is 0.197 e. The number of halogens is 1. The lowest BCUT2D eigenvalue weighted by atomic mass is 10.3. The van der Waals surface area contributed by atoms with E-state index in [2.05, 4.69) is 31.2 Å². The lowest BCUT2D eigenvalue weighted by Crippen LogP contribution is -2.04. The second-order valence-corrected chi connectivity index (χ2v) is 4.10. The van der Waals surface area contributed by atoms with E-state index in [9.17, 15) is 0 Å². The monoisotopic (exact) mass is 281 g/mol. The summed E-state index contributed by atoms with van der Waals surface area (Å²) in [6.45, 7) is 4.77. The second kappa shape index (κ2) is 4.65. The van der Waals surface area contributed by atoms with Crippen molar-refractivity contribution >= 4 is 21.7 Å².